The van der Waals surface area contributed by atoms with Crippen LogP contribution in [0.1, 0.15) is 39.6 Å². The molecule has 148 valence electrons. The number of carbonyl (C=O) groups is 1. The van der Waals surface area contributed by atoms with E-state index in [1.54, 1.807) is 13.0 Å². The van der Waals surface area contributed by atoms with Gasteiger partial charge in [-0.05, 0) is 43.7 Å². The summed E-state index contributed by atoms with van der Waals surface area (Å²) < 4.78 is 5.71. The van der Waals surface area contributed by atoms with Crippen LogP contribution in [0.4, 0.5) is 0 Å². The van der Waals surface area contributed by atoms with Crippen molar-refractivity contribution < 1.29 is 9.53 Å². The molecule has 8 nitrogen and oxygen atoms in total. The van der Waals surface area contributed by atoms with Gasteiger partial charge in [0.05, 0.1) is 18.0 Å². The molecule has 4 N–H and O–H groups in total. The Morgan fingerprint density at radius 1 is 1.28 bits per heavy atom. The quantitative estimate of drug-likeness (QED) is 0.440. The summed E-state index contributed by atoms with van der Waals surface area (Å²) in [6, 6.07) is 15.0. The monoisotopic (exact) mass is 390 g/mol. The number of nitrogens with zero attached hydrogens (tertiary/aromatic N) is 3. The number of hydrogen-bond donors (Lipinski definition) is 3. The Morgan fingerprint density at radius 3 is 2.83 bits per heavy atom. The fraction of sp³-hybridized carbons (Fsp3) is 0.238. The average molecular weight is 390 g/mol. The van der Waals surface area contributed by atoms with E-state index in [-0.39, 0.29) is 17.7 Å². The van der Waals surface area contributed by atoms with Crippen LogP contribution < -0.4 is 15.8 Å². The number of benzene rings is 2. The molecule has 3 aromatic rings. The number of amides is 1. The van der Waals surface area contributed by atoms with E-state index < -0.39 is 0 Å². The van der Waals surface area contributed by atoms with Crippen molar-refractivity contribution in [2.75, 3.05) is 13.2 Å². The second-order valence-corrected chi connectivity index (χ2v) is 6.98. The number of fused-ring (bicyclic) bond motifs is 1. The number of rotatable bonds is 6. The predicted octanol–water partition coefficient (Wildman–Crippen LogP) is 2.16. The standard InChI is InChI=1S/C21H22N6O2/c1-13-19(26-27(25-13)16-5-3-2-4-6-16)21(28)24-10-9-15-12-29-18-8-7-14(20(22)23)11-17(15)18/h2-8,11,15H,9-10,12H2,1H3,(H3,22,23)(H,24,28). The number of nitrogen functional groups attached to an aromatic ring is 1. The number of para-hydroxylation sites is 1. The third-order valence-electron chi connectivity index (χ3n) is 4.96. The van der Waals surface area contributed by atoms with E-state index in [1.165, 1.54) is 4.80 Å². The first-order chi connectivity index (χ1) is 14.0. The Hall–Kier alpha value is -3.68. The molecule has 0 bridgehead atoms. The largest absolute Gasteiger partial charge is 0.493 e. The van der Waals surface area contributed by atoms with E-state index in [0.717, 1.165) is 17.0 Å². The first kappa shape index (κ1) is 18.7. The molecule has 1 aliphatic heterocycles. The summed E-state index contributed by atoms with van der Waals surface area (Å²) in [4.78, 5) is 14.0. The van der Waals surface area contributed by atoms with Crippen LogP contribution in [-0.4, -0.2) is 39.9 Å². The highest BCUT2D eigenvalue weighted by molar-refractivity contribution is 5.95. The first-order valence-electron chi connectivity index (χ1n) is 9.41. The molecule has 8 heteroatoms. The molecule has 0 radical (unpaired) electrons. The van der Waals surface area contributed by atoms with Gasteiger partial charge in [0, 0.05) is 23.6 Å². The summed E-state index contributed by atoms with van der Waals surface area (Å²) in [6.45, 7) is 2.80. The number of amidine groups is 1. The predicted molar refractivity (Wildman–Crippen MR) is 109 cm³/mol. The smallest absolute Gasteiger partial charge is 0.273 e. The lowest BCUT2D eigenvalue weighted by Crippen LogP contribution is -2.27. The summed E-state index contributed by atoms with van der Waals surface area (Å²) >= 11 is 0. The van der Waals surface area contributed by atoms with Crippen LogP contribution in [0.5, 0.6) is 5.75 Å². The summed E-state index contributed by atoms with van der Waals surface area (Å²) in [5.41, 5.74) is 8.98. The fourth-order valence-electron chi connectivity index (χ4n) is 3.39. The van der Waals surface area contributed by atoms with Crippen LogP contribution in [0.3, 0.4) is 0 Å². The molecule has 29 heavy (non-hydrogen) atoms. The molecule has 0 spiro atoms. The lowest BCUT2D eigenvalue weighted by Gasteiger charge is -2.10. The van der Waals surface area contributed by atoms with Crippen LogP contribution in [0.2, 0.25) is 0 Å². The Kier molecular flexibility index (Phi) is 4.99. The summed E-state index contributed by atoms with van der Waals surface area (Å²) in [7, 11) is 0. The molecule has 2 aromatic carbocycles. The lowest BCUT2D eigenvalue weighted by molar-refractivity contribution is 0.0946. The maximum absolute atomic E-state index is 12.6. The number of aryl methyl sites for hydroxylation is 1. The zero-order chi connectivity index (χ0) is 20.4. The normalized spacial score (nSPS) is 14.9. The lowest BCUT2D eigenvalue weighted by atomic mass is 9.96. The van der Waals surface area contributed by atoms with Gasteiger partial charge in [-0.3, -0.25) is 10.2 Å². The van der Waals surface area contributed by atoms with E-state index in [2.05, 4.69) is 15.5 Å². The Balaban J connectivity index is 1.39. The molecule has 1 atom stereocenters. The van der Waals surface area contributed by atoms with E-state index in [0.29, 0.717) is 36.5 Å². The van der Waals surface area contributed by atoms with E-state index >= 15 is 0 Å². The molecule has 1 amide bonds. The van der Waals surface area contributed by atoms with Gasteiger partial charge in [-0.1, -0.05) is 18.2 Å². The number of carbonyl (C=O) groups excluding carboxylic acids is 1. The summed E-state index contributed by atoms with van der Waals surface area (Å²) in [5, 5.41) is 19.2. The van der Waals surface area contributed by atoms with Crippen molar-refractivity contribution in [2.45, 2.75) is 19.3 Å². The third-order valence-corrected chi connectivity index (χ3v) is 4.96. The van der Waals surface area contributed by atoms with Crippen molar-refractivity contribution >= 4 is 11.7 Å². The van der Waals surface area contributed by atoms with Gasteiger partial charge >= 0.3 is 0 Å². The van der Waals surface area contributed by atoms with Gasteiger partial charge in [-0.2, -0.15) is 9.90 Å². The number of nitrogens with one attached hydrogen (secondary N) is 2. The topological polar surface area (TPSA) is 119 Å². The highest BCUT2D eigenvalue weighted by atomic mass is 16.5. The molecular weight excluding hydrogens is 368 g/mol. The van der Waals surface area contributed by atoms with Crippen LogP contribution in [0.25, 0.3) is 5.69 Å². The second kappa shape index (κ2) is 7.75. The van der Waals surface area contributed by atoms with Gasteiger partial charge in [0.25, 0.3) is 5.91 Å². The zero-order valence-corrected chi connectivity index (χ0v) is 16.1. The number of hydrogen-bond acceptors (Lipinski definition) is 5. The Morgan fingerprint density at radius 2 is 2.07 bits per heavy atom. The van der Waals surface area contributed by atoms with Gasteiger partial charge in [-0.15, -0.1) is 5.10 Å². The first-order valence-corrected chi connectivity index (χ1v) is 9.41. The maximum Gasteiger partial charge on any atom is 0.273 e. The van der Waals surface area contributed by atoms with Crippen molar-refractivity contribution in [1.82, 2.24) is 20.3 Å². The van der Waals surface area contributed by atoms with Crippen LogP contribution in [-0.2, 0) is 0 Å². The molecule has 4 rings (SSSR count). The van der Waals surface area contributed by atoms with Crippen molar-refractivity contribution in [1.29, 1.82) is 5.41 Å². The van der Waals surface area contributed by atoms with Crippen molar-refractivity contribution in [2.24, 2.45) is 5.73 Å². The van der Waals surface area contributed by atoms with Gasteiger partial charge < -0.3 is 15.8 Å². The minimum absolute atomic E-state index is 0.0312. The van der Waals surface area contributed by atoms with Gasteiger partial charge in [0.2, 0.25) is 0 Å². The zero-order valence-electron chi connectivity index (χ0n) is 16.1. The maximum atomic E-state index is 12.6. The van der Waals surface area contributed by atoms with E-state index in [1.807, 2.05) is 42.5 Å². The SMILES string of the molecule is Cc1nn(-c2ccccc2)nc1C(=O)NCCC1COc2ccc(C(=N)N)cc21. The number of aromatic nitrogens is 3. The minimum atomic E-state index is -0.249. The highest BCUT2D eigenvalue weighted by Crippen LogP contribution is 2.36. The Labute approximate surface area is 168 Å². The molecular formula is C21H22N6O2. The molecule has 0 saturated heterocycles. The summed E-state index contributed by atoms with van der Waals surface area (Å²) in [6.07, 6.45) is 0.714. The van der Waals surface area contributed by atoms with Crippen molar-refractivity contribution in [3.63, 3.8) is 0 Å². The third kappa shape index (κ3) is 3.82. The van der Waals surface area contributed by atoms with Gasteiger partial charge in [0.15, 0.2) is 5.69 Å². The van der Waals surface area contributed by atoms with Crippen molar-refractivity contribution in [3.8, 4) is 11.4 Å². The molecule has 0 aliphatic carbocycles. The molecule has 1 unspecified atom stereocenters. The second-order valence-electron chi connectivity index (χ2n) is 6.98. The fourth-order valence-corrected chi connectivity index (χ4v) is 3.39. The number of ether oxygens (including phenoxy) is 1. The van der Waals surface area contributed by atoms with Gasteiger partial charge in [0.1, 0.15) is 11.6 Å². The average Bonchev–Trinajstić information content (AvgIpc) is 3.32. The molecule has 0 saturated carbocycles. The van der Waals surface area contributed by atoms with Gasteiger partial charge in [-0.25, -0.2) is 0 Å². The van der Waals surface area contributed by atoms with E-state index in [9.17, 15) is 4.79 Å². The number of nitrogens with two attached hydrogens (primary N) is 1. The molecule has 1 aromatic heterocycles. The van der Waals surface area contributed by atoms with Crippen molar-refractivity contribution in [3.05, 3.63) is 71.0 Å². The molecule has 1 aliphatic rings. The van der Waals surface area contributed by atoms with Crippen LogP contribution in [0, 0.1) is 12.3 Å². The van der Waals surface area contributed by atoms with E-state index in [4.69, 9.17) is 15.9 Å². The van der Waals surface area contributed by atoms with Crippen LogP contribution in [0.15, 0.2) is 48.5 Å². The Bertz CT molecular complexity index is 1060. The highest BCUT2D eigenvalue weighted by Gasteiger charge is 2.25. The van der Waals surface area contributed by atoms with Crippen LogP contribution >= 0.6 is 0 Å². The summed E-state index contributed by atoms with van der Waals surface area (Å²) in [5.74, 6) is 0.740. The minimum Gasteiger partial charge on any atom is -0.493 e. The molecule has 0 fully saturated rings. The molecule has 2 heterocycles.